The third kappa shape index (κ3) is 3.48. The minimum absolute atomic E-state index is 0.490. The lowest BCUT2D eigenvalue weighted by atomic mass is 10.2. The summed E-state index contributed by atoms with van der Waals surface area (Å²) in [5, 5.41) is 2.07. The van der Waals surface area contributed by atoms with Gasteiger partial charge in [0, 0.05) is 0 Å². The van der Waals surface area contributed by atoms with E-state index in [-0.39, 0.29) is 0 Å². The van der Waals surface area contributed by atoms with Crippen LogP contribution < -0.4 is 5.32 Å². The van der Waals surface area contributed by atoms with Crippen molar-refractivity contribution in [1.29, 1.82) is 0 Å². The fourth-order valence-electron chi connectivity index (χ4n) is 1.36. The molecule has 0 bridgehead atoms. The Morgan fingerprint density at radius 2 is 2.00 bits per heavy atom. The summed E-state index contributed by atoms with van der Waals surface area (Å²) in [6.07, 6.45) is 1.38. The quantitative estimate of drug-likeness (QED) is 0.563. The zero-order valence-corrected chi connectivity index (χ0v) is 11.4. The molecule has 5 heteroatoms. The Balaban J connectivity index is 2.60. The van der Waals surface area contributed by atoms with Crippen LogP contribution in [0.5, 0.6) is 0 Å². The van der Waals surface area contributed by atoms with Crippen LogP contribution >= 0.6 is 0 Å². The minimum atomic E-state index is -1.59. The zero-order chi connectivity index (χ0) is 12.6. The lowest BCUT2D eigenvalue weighted by Crippen LogP contribution is -2.45. The SMILES string of the molecule is CC(C)=CC1(NC(=O)OC(C)(C)C)C=[Si]1O. The number of ether oxygens (including phenoxy) is 1. The molecule has 90 valence electrons. The summed E-state index contributed by atoms with van der Waals surface area (Å²) in [6, 6.07) is 0. The molecule has 2 N–H and O–H groups in total. The summed E-state index contributed by atoms with van der Waals surface area (Å²) in [5.41, 5.74) is 2.29. The Hall–Kier alpha value is -1.10. The highest BCUT2D eigenvalue weighted by Gasteiger charge is 2.46. The first-order valence-corrected chi connectivity index (χ1v) is 6.77. The summed E-state index contributed by atoms with van der Waals surface area (Å²) < 4.78 is 5.15. The van der Waals surface area contributed by atoms with Crippen LogP contribution in [0.1, 0.15) is 34.6 Å². The first-order chi connectivity index (χ1) is 7.15. The molecule has 0 aliphatic carbocycles. The number of rotatable bonds is 2. The highest BCUT2D eigenvalue weighted by molar-refractivity contribution is 6.84. The highest BCUT2D eigenvalue weighted by Crippen LogP contribution is 2.19. The maximum absolute atomic E-state index is 11.6. The number of carbonyl (C=O) groups excluding carboxylic acids is 1. The molecule has 0 spiro atoms. The van der Waals surface area contributed by atoms with E-state index >= 15 is 0 Å². The van der Waals surface area contributed by atoms with Crippen LogP contribution in [0.2, 0.25) is 0 Å². The Kier molecular flexibility index (Phi) is 3.28. The molecule has 0 fully saturated rings. The number of hydrogen-bond donors (Lipinski definition) is 2. The Bertz CT molecular complexity index is 364. The van der Waals surface area contributed by atoms with Gasteiger partial charge in [-0.3, -0.25) is 0 Å². The van der Waals surface area contributed by atoms with Gasteiger partial charge in [-0.15, -0.1) is 0 Å². The normalized spacial score (nSPS) is 23.2. The Labute approximate surface area is 97.7 Å². The number of carbonyl (C=O) groups is 1. The maximum atomic E-state index is 11.6. The molecule has 0 radical (unpaired) electrons. The van der Waals surface area contributed by atoms with E-state index in [2.05, 4.69) is 5.32 Å². The third-order valence-corrected chi connectivity index (χ3v) is 3.61. The van der Waals surface area contributed by atoms with Gasteiger partial charge in [-0.2, -0.15) is 0 Å². The molecule has 1 heterocycles. The molecule has 1 rings (SSSR count). The van der Waals surface area contributed by atoms with Gasteiger partial charge < -0.3 is 14.8 Å². The fourth-order valence-corrected chi connectivity index (χ4v) is 2.73. The van der Waals surface area contributed by atoms with Crippen molar-refractivity contribution in [3.8, 4) is 0 Å². The molecule has 0 aromatic carbocycles. The number of allylic oxidation sites excluding steroid dienone is 1. The van der Waals surface area contributed by atoms with Gasteiger partial charge in [-0.05, 0) is 40.3 Å². The van der Waals surface area contributed by atoms with Crippen molar-refractivity contribution < 1.29 is 14.3 Å². The van der Waals surface area contributed by atoms with Crippen molar-refractivity contribution in [3.05, 3.63) is 11.6 Å². The van der Waals surface area contributed by atoms with Crippen molar-refractivity contribution in [1.82, 2.24) is 5.32 Å². The highest BCUT2D eigenvalue weighted by atomic mass is 28.3. The van der Waals surface area contributed by atoms with E-state index in [0.29, 0.717) is 0 Å². The lowest BCUT2D eigenvalue weighted by Gasteiger charge is -2.22. The number of nitrogens with one attached hydrogen (secondary N) is 1. The van der Waals surface area contributed by atoms with Crippen molar-refractivity contribution >= 4 is 20.4 Å². The van der Waals surface area contributed by atoms with Gasteiger partial charge >= 0.3 is 6.09 Å². The first kappa shape index (κ1) is 13.0. The third-order valence-electron chi connectivity index (χ3n) is 1.93. The second-order valence-electron chi connectivity index (χ2n) is 5.25. The van der Waals surface area contributed by atoms with Crippen LogP contribution in [0.4, 0.5) is 4.79 Å². The van der Waals surface area contributed by atoms with Gasteiger partial charge in [0.25, 0.3) is 8.65 Å². The van der Waals surface area contributed by atoms with Crippen molar-refractivity contribution in [2.24, 2.45) is 0 Å². The molecule has 1 aliphatic heterocycles. The van der Waals surface area contributed by atoms with Crippen molar-refractivity contribution in [2.45, 2.75) is 45.4 Å². The molecule has 1 aliphatic rings. The van der Waals surface area contributed by atoms with Crippen molar-refractivity contribution in [2.75, 3.05) is 0 Å². The van der Waals surface area contributed by atoms with Crippen LogP contribution in [0, 0.1) is 0 Å². The molecule has 0 saturated carbocycles. The molecule has 0 aromatic rings. The maximum Gasteiger partial charge on any atom is 0.408 e. The van der Waals surface area contributed by atoms with Crippen molar-refractivity contribution in [3.63, 3.8) is 0 Å². The molecule has 1 unspecified atom stereocenters. The van der Waals surface area contributed by atoms with E-state index in [1.54, 1.807) is 5.67 Å². The summed E-state index contributed by atoms with van der Waals surface area (Å²) in [7, 11) is -1.59. The van der Waals surface area contributed by atoms with E-state index < -0.39 is 25.5 Å². The number of amides is 1. The second-order valence-corrected chi connectivity index (χ2v) is 7.13. The molecular weight excluding hydrogens is 222 g/mol. The average Bonchev–Trinajstić information content (AvgIpc) is 2.52. The van der Waals surface area contributed by atoms with Gasteiger partial charge in [0.05, 0.1) is 0 Å². The van der Waals surface area contributed by atoms with Crippen LogP contribution in [-0.4, -0.2) is 36.0 Å². The van der Waals surface area contributed by atoms with Crippen LogP contribution in [0.25, 0.3) is 0 Å². The largest absolute Gasteiger partial charge is 0.564 e. The predicted molar refractivity (Wildman–Crippen MR) is 65.6 cm³/mol. The Morgan fingerprint density at radius 3 is 2.31 bits per heavy atom. The fraction of sp³-hybridized carbons (Fsp3) is 0.636. The zero-order valence-electron chi connectivity index (χ0n) is 10.4. The Morgan fingerprint density at radius 1 is 1.50 bits per heavy atom. The van der Waals surface area contributed by atoms with Crippen LogP contribution in [0.15, 0.2) is 11.6 Å². The van der Waals surface area contributed by atoms with Gasteiger partial charge in [-0.1, -0.05) is 11.6 Å². The predicted octanol–water partition coefficient (Wildman–Crippen LogP) is 1.14. The molecule has 0 saturated heterocycles. The van der Waals surface area contributed by atoms with Gasteiger partial charge in [0.1, 0.15) is 10.8 Å². The van der Waals surface area contributed by atoms with E-state index in [0.717, 1.165) is 5.57 Å². The molecular formula is C11H19NO3Si. The van der Waals surface area contributed by atoms with Crippen LogP contribution in [-0.2, 0) is 4.74 Å². The van der Waals surface area contributed by atoms with E-state index in [9.17, 15) is 9.59 Å². The molecule has 4 nitrogen and oxygen atoms in total. The van der Waals surface area contributed by atoms with Crippen LogP contribution in [0.3, 0.4) is 0 Å². The standard InChI is InChI=1S/C11H19NO3Si/c1-8(2)6-11(7-16(11)14)12-9(13)15-10(3,4)5/h6-7,14H,1-5H3,(H,12,13). The smallest absolute Gasteiger partial charge is 0.408 e. The first-order valence-electron chi connectivity index (χ1n) is 5.24. The monoisotopic (exact) mass is 241 g/mol. The molecule has 0 aromatic heterocycles. The van der Waals surface area contributed by atoms with E-state index in [1.165, 1.54) is 0 Å². The second kappa shape index (κ2) is 4.05. The average molecular weight is 241 g/mol. The van der Waals surface area contributed by atoms with E-state index in [4.69, 9.17) is 4.74 Å². The summed E-state index contributed by atoms with van der Waals surface area (Å²) in [4.78, 5) is 21.2. The van der Waals surface area contributed by atoms with Gasteiger partial charge in [0.2, 0.25) is 0 Å². The number of alkyl carbamates (subject to hydrolysis) is 1. The topological polar surface area (TPSA) is 58.6 Å². The molecule has 16 heavy (non-hydrogen) atoms. The molecule has 1 atom stereocenters. The minimum Gasteiger partial charge on any atom is -0.564 e. The molecule has 1 amide bonds. The summed E-state index contributed by atoms with van der Waals surface area (Å²) >= 11 is 0. The lowest BCUT2D eigenvalue weighted by molar-refractivity contribution is 0.0519. The summed E-state index contributed by atoms with van der Waals surface area (Å²) in [5.74, 6) is 0. The van der Waals surface area contributed by atoms with Gasteiger partial charge in [-0.25, -0.2) is 4.79 Å². The summed E-state index contributed by atoms with van der Waals surface area (Å²) in [6.45, 7) is 9.28. The van der Waals surface area contributed by atoms with Gasteiger partial charge in [0.15, 0.2) is 0 Å². The van der Waals surface area contributed by atoms with E-state index in [1.807, 2.05) is 40.7 Å². The number of hydrogen-bond acceptors (Lipinski definition) is 3.